The van der Waals surface area contributed by atoms with E-state index in [0.29, 0.717) is 5.76 Å². The Morgan fingerprint density at radius 3 is 2.78 bits per heavy atom. The maximum absolute atomic E-state index is 8.97. The first-order valence-corrected chi connectivity index (χ1v) is 4.30. The quantitative estimate of drug-likeness (QED) is 0.659. The molecule has 1 aliphatic rings. The summed E-state index contributed by atoms with van der Waals surface area (Å²) in [6.45, 7) is 0. The predicted molar refractivity (Wildman–Crippen MR) is 45.1 cm³/mol. The number of halogens is 2. The van der Waals surface area contributed by atoms with Gasteiger partial charge in [0.1, 0.15) is 5.76 Å². The van der Waals surface area contributed by atoms with Crippen LogP contribution in [0.5, 0.6) is 0 Å². The van der Waals surface area contributed by atoms with Crippen LogP contribution in [0.3, 0.4) is 0 Å². The zero-order valence-corrected chi connectivity index (χ0v) is 7.81. The lowest BCUT2D eigenvalue weighted by atomic mass is 10.2. The summed E-state index contributed by atoms with van der Waals surface area (Å²) in [6, 6.07) is 0. The highest BCUT2D eigenvalue weighted by molar-refractivity contribution is 9.12. The minimum Gasteiger partial charge on any atom is -0.508 e. The van der Waals surface area contributed by atoms with E-state index in [1.165, 1.54) is 0 Å². The van der Waals surface area contributed by atoms with Gasteiger partial charge < -0.3 is 5.11 Å². The van der Waals surface area contributed by atoms with Crippen LogP contribution in [0.25, 0.3) is 0 Å². The summed E-state index contributed by atoms with van der Waals surface area (Å²) in [5.41, 5.74) is 0. The number of allylic oxidation sites excluding steroid dienone is 3. The average molecular weight is 254 g/mol. The molecule has 0 spiro atoms. The maximum atomic E-state index is 8.97. The molecule has 0 fully saturated rings. The first-order chi connectivity index (χ1) is 4.18. The largest absolute Gasteiger partial charge is 0.508 e. The third kappa shape index (κ3) is 2.14. The van der Waals surface area contributed by atoms with Crippen molar-refractivity contribution in [2.45, 2.75) is 11.2 Å². The lowest BCUT2D eigenvalue weighted by molar-refractivity contribution is 0.427. The van der Waals surface area contributed by atoms with Crippen LogP contribution in [0.1, 0.15) is 6.42 Å². The molecule has 1 rings (SSSR count). The predicted octanol–water partition coefficient (Wildman–Crippen LogP) is 2.87. The molecule has 0 bridgehead atoms. The highest BCUT2D eigenvalue weighted by atomic mass is 79.9. The molecule has 1 nitrogen and oxygen atoms in total. The van der Waals surface area contributed by atoms with Crippen molar-refractivity contribution in [3.8, 4) is 0 Å². The lowest BCUT2D eigenvalue weighted by Gasteiger charge is -2.09. The average Bonchev–Trinajstić information content (AvgIpc) is 1.59. The van der Waals surface area contributed by atoms with Crippen molar-refractivity contribution < 1.29 is 5.11 Å². The number of aliphatic hydroxyl groups is 1. The molecule has 0 aromatic heterocycles. The van der Waals surface area contributed by atoms with Gasteiger partial charge >= 0.3 is 0 Å². The second-order valence-electron chi connectivity index (χ2n) is 1.90. The lowest BCUT2D eigenvalue weighted by Crippen LogP contribution is -1.99. The molecule has 1 N–H and O–H groups in total. The van der Waals surface area contributed by atoms with Crippen molar-refractivity contribution in [3.63, 3.8) is 0 Å². The number of rotatable bonds is 0. The monoisotopic (exact) mass is 252 g/mol. The molecular weight excluding hydrogens is 248 g/mol. The molecule has 1 atom stereocenters. The van der Waals surface area contributed by atoms with Crippen molar-refractivity contribution in [3.05, 3.63) is 22.4 Å². The van der Waals surface area contributed by atoms with Crippen molar-refractivity contribution in [2.75, 3.05) is 0 Å². The van der Waals surface area contributed by atoms with Crippen molar-refractivity contribution in [1.82, 2.24) is 0 Å². The van der Waals surface area contributed by atoms with Gasteiger partial charge in [-0.2, -0.15) is 0 Å². The van der Waals surface area contributed by atoms with Gasteiger partial charge in [-0.15, -0.1) is 0 Å². The Morgan fingerprint density at radius 1 is 1.67 bits per heavy atom. The molecule has 0 radical (unpaired) electrons. The van der Waals surface area contributed by atoms with Crippen LogP contribution in [0.15, 0.2) is 22.4 Å². The Labute approximate surface area is 70.7 Å². The highest BCUT2D eigenvalue weighted by Gasteiger charge is 2.08. The van der Waals surface area contributed by atoms with Crippen LogP contribution in [-0.4, -0.2) is 9.93 Å². The van der Waals surface area contributed by atoms with Crippen LogP contribution in [0, 0.1) is 0 Å². The third-order valence-corrected chi connectivity index (χ3v) is 2.19. The van der Waals surface area contributed by atoms with Crippen LogP contribution in [0.4, 0.5) is 0 Å². The van der Waals surface area contributed by atoms with Gasteiger partial charge in [0.2, 0.25) is 0 Å². The Morgan fingerprint density at radius 2 is 2.33 bits per heavy atom. The standard InChI is InChI=1S/C6H6Br2O/c7-4-1-5(8)3-6(9)2-4/h2-4,9H,1H2. The van der Waals surface area contributed by atoms with E-state index in [9.17, 15) is 0 Å². The summed E-state index contributed by atoms with van der Waals surface area (Å²) in [5, 5.41) is 8.97. The van der Waals surface area contributed by atoms with Gasteiger partial charge in [-0.05, 0) is 18.6 Å². The molecule has 1 aliphatic carbocycles. The van der Waals surface area contributed by atoms with Crippen molar-refractivity contribution >= 4 is 31.9 Å². The molecule has 0 aromatic rings. The number of alkyl halides is 1. The van der Waals surface area contributed by atoms with Gasteiger partial charge in [0.05, 0.1) is 0 Å². The van der Waals surface area contributed by atoms with E-state index in [4.69, 9.17) is 5.11 Å². The van der Waals surface area contributed by atoms with Crippen LogP contribution < -0.4 is 0 Å². The zero-order chi connectivity index (χ0) is 6.85. The van der Waals surface area contributed by atoms with Crippen LogP contribution >= 0.6 is 31.9 Å². The first kappa shape index (κ1) is 7.35. The van der Waals surface area contributed by atoms with E-state index >= 15 is 0 Å². The smallest absolute Gasteiger partial charge is 0.113 e. The van der Waals surface area contributed by atoms with Gasteiger partial charge in [0.15, 0.2) is 0 Å². The van der Waals surface area contributed by atoms with E-state index in [-0.39, 0.29) is 4.83 Å². The Balaban J connectivity index is 2.74. The maximum Gasteiger partial charge on any atom is 0.113 e. The molecule has 0 saturated carbocycles. The fourth-order valence-electron chi connectivity index (χ4n) is 0.698. The highest BCUT2D eigenvalue weighted by Crippen LogP contribution is 2.25. The van der Waals surface area contributed by atoms with Gasteiger partial charge in [-0.25, -0.2) is 0 Å². The Hall–Kier alpha value is 0.240. The molecule has 0 heterocycles. The normalized spacial score (nSPS) is 27.1. The molecule has 0 aromatic carbocycles. The summed E-state index contributed by atoms with van der Waals surface area (Å²) >= 11 is 6.66. The summed E-state index contributed by atoms with van der Waals surface area (Å²) in [6.07, 6.45) is 4.40. The van der Waals surface area contributed by atoms with E-state index in [1.807, 2.05) is 0 Å². The van der Waals surface area contributed by atoms with Crippen LogP contribution in [-0.2, 0) is 0 Å². The van der Waals surface area contributed by atoms with Gasteiger partial charge in [-0.3, -0.25) is 0 Å². The second-order valence-corrected chi connectivity index (χ2v) is 4.10. The van der Waals surface area contributed by atoms with Crippen molar-refractivity contribution in [1.29, 1.82) is 0 Å². The Kier molecular flexibility index (Phi) is 2.35. The van der Waals surface area contributed by atoms with E-state index in [0.717, 1.165) is 10.9 Å². The topological polar surface area (TPSA) is 20.2 Å². The second kappa shape index (κ2) is 2.88. The molecular formula is C6H6Br2O. The van der Waals surface area contributed by atoms with E-state index in [2.05, 4.69) is 31.9 Å². The summed E-state index contributed by atoms with van der Waals surface area (Å²) in [7, 11) is 0. The fraction of sp³-hybridized carbons (Fsp3) is 0.333. The van der Waals surface area contributed by atoms with Crippen LogP contribution in [0.2, 0.25) is 0 Å². The van der Waals surface area contributed by atoms with E-state index < -0.39 is 0 Å². The molecule has 0 aliphatic heterocycles. The zero-order valence-electron chi connectivity index (χ0n) is 4.64. The number of hydrogen-bond acceptors (Lipinski definition) is 1. The van der Waals surface area contributed by atoms with Gasteiger partial charge in [0.25, 0.3) is 0 Å². The van der Waals surface area contributed by atoms with Gasteiger partial charge in [-0.1, -0.05) is 31.9 Å². The molecule has 0 saturated heterocycles. The molecule has 3 heteroatoms. The summed E-state index contributed by atoms with van der Waals surface area (Å²) < 4.78 is 1.03. The Bertz CT molecular complexity index is 172. The van der Waals surface area contributed by atoms with Gasteiger partial charge in [0, 0.05) is 9.31 Å². The minimum absolute atomic E-state index is 0.275. The first-order valence-electron chi connectivity index (χ1n) is 2.59. The molecule has 0 amide bonds. The summed E-state index contributed by atoms with van der Waals surface area (Å²) in [4.78, 5) is 0.275. The molecule has 9 heavy (non-hydrogen) atoms. The van der Waals surface area contributed by atoms with E-state index in [1.54, 1.807) is 12.2 Å². The SMILES string of the molecule is OC1=CC(Br)CC(Br)=C1. The van der Waals surface area contributed by atoms with Crippen molar-refractivity contribution in [2.24, 2.45) is 0 Å². The minimum atomic E-state index is 0.275. The molecule has 50 valence electrons. The third-order valence-electron chi connectivity index (χ3n) is 1.05. The number of aliphatic hydroxyl groups excluding tert-OH is 1. The fourth-order valence-corrected chi connectivity index (χ4v) is 2.34. The summed E-state index contributed by atoms with van der Waals surface area (Å²) in [5.74, 6) is 0.329. The number of hydrogen-bond donors (Lipinski definition) is 1. The molecule has 1 unspecified atom stereocenters.